The van der Waals surface area contributed by atoms with Gasteiger partial charge in [-0.05, 0) is 0 Å². The molecule has 0 spiro atoms. The quantitative estimate of drug-likeness (QED) is 0.644. The molecule has 0 saturated carbocycles. The molecule has 0 heterocycles. The maximum atomic E-state index is 6.30. The second kappa shape index (κ2) is 5.54. The van der Waals surface area contributed by atoms with E-state index in [-0.39, 0.29) is 0 Å². The fourth-order valence-corrected chi connectivity index (χ4v) is 5.79. The molecule has 2 heteroatoms. The minimum atomic E-state index is -1.16. The van der Waals surface area contributed by atoms with Gasteiger partial charge in [0.2, 0.25) is 0 Å². The summed E-state index contributed by atoms with van der Waals surface area (Å²) in [6.07, 6.45) is 15.3. The number of hydrogen-bond acceptors (Lipinski definition) is 0. The zero-order valence-electron chi connectivity index (χ0n) is 9.99. The van der Waals surface area contributed by atoms with Crippen LogP contribution in [0, 0.1) is 0 Å². The Kier molecular flexibility index (Phi) is 3.81. The third-order valence-corrected chi connectivity index (χ3v) is 7.27. The third-order valence-electron chi connectivity index (χ3n) is 3.38. The van der Waals surface area contributed by atoms with Gasteiger partial charge >= 0.3 is 123 Å². The van der Waals surface area contributed by atoms with Gasteiger partial charge in [-0.3, -0.25) is 0 Å². The zero-order valence-corrected chi connectivity index (χ0v) is 14.3. The minimum absolute atomic E-state index is 1.05. The zero-order chi connectivity index (χ0) is 12.4. The summed E-state index contributed by atoms with van der Waals surface area (Å²) in [4.78, 5) is 0. The second-order valence-electron chi connectivity index (χ2n) is 4.47. The van der Waals surface area contributed by atoms with Crippen molar-refractivity contribution in [3.05, 3.63) is 65.8 Å². The van der Waals surface area contributed by atoms with E-state index in [1.54, 1.807) is 0 Å². The van der Waals surface area contributed by atoms with Crippen LogP contribution in [-0.2, 0) is 21.7 Å². The van der Waals surface area contributed by atoms with Gasteiger partial charge in [0.05, 0.1) is 0 Å². The summed E-state index contributed by atoms with van der Waals surface area (Å²) in [7, 11) is 6.30. The van der Waals surface area contributed by atoms with E-state index in [0.717, 1.165) is 12.8 Å². The average molecular weight is 419 g/mol. The van der Waals surface area contributed by atoms with E-state index in [0.29, 0.717) is 0 Å². The van der Waals surface area contributed by atoms with Gasteiger partial charge in [-0.1, -0.05) is 0 Å². The molecule has 0 aliphatic heterocycles. The van der Waals surface area contributed by atoms with Gasteiger partial charge in [-0.15, -0.1) is 0 Å². The SMILES string of the molecule is [Cl][Hf][c]1cccc(C2=CC=CC2)c1C1=CC=CC1. The number of hydrogen-bond donors (Lipinski definition) is 0. The van der Waals surface area contributed by atoms with Crippen molar-refractivity contribution in [2.45, 2.75) is 12.8 Å². The number of allylic oxidation sites excluding steroid dienone is 8. The van der Waals surface area contributed by atoms with Gasteiger partial charge in [-0.25, -0.2) is 0 Å². The molecular formula is C16H13ClHf. The molecule has 3 rings (SSSR count). The van der Waals surface area contributed by atoms with Crippen LogP contribution in [0.15, 0.2) is 54.7 Å². The van der Waals surface area contributed by atoms with Crippen LogP contribution in [0.1, 0.15) is 24.0 Å². The third kappa shape index (κ3) is 2.26. The van der Waals surface area contributed by atoms with Crippen molar-refractivity contribution >= 4 is 23.0 Å². The first kappa shape index (κ1) is 12.4. The molecule has 0 atom stereocenters. The van der Waals surface area contributed by atoms with Crippen LogP contribution < -0.4 is 3.32 Å². The molecule has 0 amide bonds. The van der Waals surface area contributed by atoms with E-state index in [4.69, 9.17) is 8.58 Å². The van der Waals surface area contributed by atoms with E-state index in [9.17, 15) is 0 Å². The van der Waals surface area contributed by atoms with Crippen LogP contribution in [0.5, 0.6) is 0 Å². The molecule has 2 aliphatic carbocycles. The normalized spacial score (nSPS) is 16.9. The molecule has 18 heavy (non-hydrogen) atoms. The summed E-state index contributed by atoms with van der Waals surface area (Å²) < 4.78 is 1.43. The summed E-state index contributed by atoms with van der Waals surface area (Å²) >= 11 is -1.16. The summed E-state index contributed by atoms with van der Waals surface area (Å²) in [5.41, 5.74) is 5.67. The first-order valence-corrected chi connectivity index (χ1v) is 12.4. The van der Waals surface area contributed by atoms with E-state index >= 15 is 0 Å². The molecule has 0 radical (unpaired) electrons. The molecule has 0 aromatic heterocycles. The molecular weight excluding hydrogens is 406 g/mol. The van der Waals surface area contributed by atoms with Crippen LogP contribution in [0.25, 0.3) is 11.1 Å². The Bertz CT molecular complexity index is 591. The topological polar surface area (TPSA) is 0 Å². The second-order valence-corrected chi connectivity index (χ2v) is 8.63. The first-order valence-electron chi connectivity index (χ1n) is 6.12. The molecule has 1 aromatic rings. The van der Waals surface area contributed by atoms with Gasteiger partial charge in [0.1, 0.15) is 0 Å². The molecule has 0 saturated heterocycles. The summed E-state index contributed by atoms with van der Waals surface area (Å²) in [6, 6.07) is 6.62. The summed E-state index contributed by atoms with van der Waals surface area (Å²) in [6.45, 7) is 0. The standard InChI is InChI=1S/C16H13.ClH.Hf/c1-2-8-13(7-1)15-11-5-6-12-16(15)14-9-3-4-10-14;;/h1-7,9,11H,8,10H2;1H;/q;;+1/p-1. The monoisotopic (exact) mass is 420 g/mol. The Labute approximate surface area is 123 Å². The Hall–Kier alpha value is -0.660. The summed E-state index contributed by atoms with van der Waals surface area (Å²) in [5, 5.41) is 0. The van der Waals surface area contributed by atoms with E-state index in [1.807, 2.05) is 0 Å². The Balaban J connectivity index is 2.13. The predicted molar refractivity (Wildman–Crippen MR) is 75.4 cm³/mol. The molecule has 1 aromatic carbocycles. The molecule has 88 valence electrons. The van der Waals surface area contributed by atoms with Crippen molar-refractivity contribution in [1.29, 1.82) is 0 Å². The van der Waals surface area contributed by atoms with Crippen LogP contribution in [0.2, 0.25) is 0 Å². The van der Waals surface area contributed by atoms with Crippen LogP contribution in [0.4, 0.5) is 0 Å². The van der Waals surface area contributed by atoms with Crippen molar-refractivity contribution in [1.82, 2.24) is 0 Å². The van der Waals surface area contributed by atoms with Crippen molar-refractivity contribution in [2.75, 3.05) is 0 Å². The summed E-state index contributed by atoms with van der Waals surface area (Å²) in [5.74, 6) is 0. The Morgan fingerprint density at radius 3 is 2.28 bits per heavy atom. The van der Waals surface area contributed by atoms with Crippen molar-refractivity contribution < 1.29 is 21.7 Å². The van der Waals surface area contributed by atoms with Gasteiger partial charge in [-0.2, -0.15) is 0 Å². The fraction of sp³-hybridized carbons (Fsp3) is 0.125. The molecule has 0 bridgehead atoms. The van der Waals surface area contributed by atoms with E-state index in [1.165, 1.54) is 25.6 Å². The molecule has 0 N–H and O–H groups in total. The first-order chi connectivity index (χ1) is 8.90. The van der Waals surface area contributed by atoms with Crippen LogP contribution in [-0.4, -0.2) is 0 Å². The van der Waals surface area contributed by atoms with E-state index < -0.39 is 21.7 Å². The molecule has 0 nitrogen and oxygen atoms in total. The Morgan fingerprint density at radius 2 is 1.67 bits per heavy atom. The molecule has 0 fully saturated rings. The van der Waals surface area contributed by atoms with Crippen molar-refractivity contribution in [3.8, 4) is 0 Å². The van der Waals surface area contributed by atoms with Crippen molar-refractivity contribution in [2.24, 2.45) is 0 Å². The van der Waals surface area contributed by atoms with Gasteiger partial charge in [0.25, 0.3) is 0 Å². The molecule has 0 unspecified atom stereocenters. The Morgan fingerprint density at radius 1 is 0.944 bits per heavy atom. The fourth-order valence-electron chi connectivity index (χ4n) is 2.52. The van der Waals surface area contributed by atoms with Gasteiger partial charge < -0.3 is 0 Å². The maximum absolute atomic E-state index is 6.30. The number of rotatable bonds is 3. The van der Waals surface area contributed by atoms with Gasteiger partial charge in [0.15, 0.2) is 0 Å². The van der Waals surface area contributed by atoms with Crippen LogP contribution >= 0.6 is 8.58 Å². The number of benzene rings is 1. The van der Waals surface area contributed by atoms with Gasteiger partial charge in [0, 0.05) is 0 Å². The van der Waals surface area contributed by atoms with Crippen LogP contribution in [0.3, 0.4) is 0 Å². The predicted octanol–water partition coefficient (Wildman–Crippen LogP) is 4.23. The van der Waals surface area contributed by atoms with E-state index in [2.05, 4.69) is 54.7 Å². The number of halogens is 1. The molecule has 2 aliphatic rings. The van der Waals surface area contributed by atoms with Crippen molar-refractivity contribution in [3.63, 3.8) is 0 Å². The average Bonchev–Trinajstić information content (AvgIpc) is 3.10.